The minimum atomic E-state index is -0.593. The fourth-order valence-corrected chi connectivity index (χ4v) is 5.17. The molecule has 1 unspecified atom stereocenters. The normalized spacial score (nSPS) is 15.0. The molecule has 0 radical (unpaired) electrons. The number of rotatable bonds is 5. The van der Waals surface area contributed by atoms with Crippen LogP contribution in [0.2, 0.25) is 0 Å². The van der Waals surface area contributed by atoms with E-state index in [4.69, 9.17) is 20.9 Å². The number of hydrogen-bond donors (Lipinski definition) is 3. The number of nitrogens with two attached hydrogens (primary N) is 2. The lowest BCUT2D eigenvalue weighted by molar-refractivity contribution is 0.0199. The lowest BCUT2D eigenvalue weighted by Gasteiger charge is -2.31. The molecule has 5 rings (SSSR count). The van der Waals surface area contributed by atoms with Crippen LogP contribution in [0.4, 0.5) is 10.6 Å². The number of likely N-dealkylation sites (tertiary alicyclic amines) is 1. The van der Waals surface area contributed by atoms with Crippen molar-refractivity contribution in [3.05, 3.63) is 66.6 Å². The van der Waals surface area contributed by atoms with Crippen LogP contribution >= 0.6 is 0 Å². The van der Waals surface area contributed by atoms with Crippen LogP contribution in [0.15, 0.2) is 66.1 Å². The summed E-state index contributed by atoms with van der Waals surface area (Å²) >= 11 is 0. The van der Waals surface area contributed by atoms with Crippen molar-refractivity contribution >= 4 is 28.8 Å². The van der Waals surface area contributed by atoms with E-state index in [0.717, 1.165) is 16.9 Å². The second kappa shape index (κ2) is 12.6. The zero-order valence-electron chi connectivity index (χ0n) is 25.3. The van der Waals surface area contributed by atoms with Crippen molar-refractivity contribution in [3.63, 3.8) is 0 Å². The van der Waals surface area contributed by atoms with E-state index in [1.54, 1.807) is 11.8 Å². The summed E-state index contributed by atoms with van der Waals surface area (Å²) in [6.45, 7) is 8.47. The Labute approximate surface area is 256 Å². The van der Waals surface area contributed by atoms with Crippen LogP contribution in [0.5, 0.6) is 11.5 Å². The van der Waals surface area contributed by atoms with E-state index < -0.39 is 11.6 Å². The van der Waals surface area contributed by atoms with Gasteiger partial charge in [-0.05, 0) is 76.3 Å². The minimum Gasteiger partial charge on any atom is -0.457 e. The first kappa shape index (κ1) is 30.2. The molecule has 1 aliphatic rings. The minimum absolute atomic E-state index is 0.00837. The third kappa shape index (κ3) is 6.54. The molecule has 0 spiro atoms. The molecule has 1 fully saturated rings. The number of nitrogens with zero attached hydrogens (tertiary/aromatic N) is 5. The third-order valence-electron chi connectivity index (χ3n) is 7.41. The summed E-state index contributed by atoms with van der Waals surface area (Å²) in [4.78, 5) is 23.1. The molecule has 2 aromatic heterocycles. The maximum Gasteiger partial charge on any atom is 0.410 e. The lowest BCUT2D eigenvalue weighted by atomic mass is 9.96. The van der Waals surface area contributed by atoms with Crippen molar-refractivity contribution in [2.45, 2.75) is 52.2 Å². The smallest absolute Gasteiger partial charge is 0.410 e. The Kier molecular flexibility index (Phi) is 8.62. The van der Waals surface area contributed by atoms with Gasteiger partial charge in [0, 0.05) is 24.6 Å². The number of amides is 1. The van der Waals surface area contributed by atoms with Gasteiger partial charge >= 0.3 is 6.09 Å². The molecule has 5 N–H and O–H groups in total. The molecule has 0 saturated carbocycles. The Bertz CT molecular complexity index is 1720. The maximum absolute atomic E-state index is 12.6. The molecule has 0 bridgehead atoms. The molecular weight excluding hydrogens is 558 g/mol. The summed E-state index contributed by atoms with van der Waals surface area (Å²) in [6, 6.07) is 16.6. The van der Waals surface area contributed by atoms with Gasteiger partial charge in [-0.15, -0.1) is 0 Å². The predicted octanol–water partition coefficient (Wildman–Crippen LogP) is 5.78. The Balaban J connectivity index is 1.54. The molecule has 11 nitrogen and oxygen atoms in total. The van der Waals surface area contributed by atoms with Gasteiger partial charge in [-0.3, -0.25) is 0 Å². The van der Waals surface area contributed by atoms with Gasteiger partial charge in [0.1, 0.15) is 40.6 Å². The van der Waals surface area contributed by atoms with Crippen LogP contribution < -0.4 is 16.2 Å². The fourth-order valence-electron chi connectivity index (χ4n) is 5.17. The molecule has 1 aliphatic heterocycles. The quantitative estimate of drug-likeness (QED) is 0.0863. The summed E-state index contributed by atoms with van der Waals surface area (Å²) in [5.41, 5.74) is 14.7. The van der Waals surface area contributed by atoms with Crippen molar-refractivity contribution < 1.29 is 19.5 Å². The van der Waals surface area contributed by atoms with Gasteiger partial charge in [0.05, 0.1) is 11.4 Å². The Hall–Kier alpha value is -5.24. The van der Waals surface area contributed by atoms with Gasteiger partial charge in [0.25, 0.3) is 0 Å². The molecule has 11 heteroatoms. The number of ether oxygens (including phenoxy) is 2. The summed E-state index contributed by atoms with van der Waals surface area (Å²) in [6.07, 6.45) is 2.47. The van der Waals surface area contributed by atoms with Crippen molar-refractivity contribution in [1.29, 1.82) is 0 Å². The molecule has 2 aromatic carbocycles. The topological polar surface area (TPSA) is 154 Å². The van der Waals surface area contributed by atoms with Crippen LogP contribution in [0.25, 0.3) is 22.2 Å². The van der Waals surface area contributed by atoms with Crippen LogP contribution in [0, 0.1) is 17.8 Å². The number of oxime groups is 1. The molecule has 3 heterocycles. The zero-order valence-corrected chi connectivity index (χ0v) is 25.3. The SMILES string of the molecule is CC(/C(N)=N/O)n1c(C#CC2CCN(C(=O)OC(C)(C)C)CC2)c(-c2ccc(Oc3ccccc3)cc2)c2c(N)ncnc21. The number of amidine groups is 1. The Morgan fingerprint density at radius 1 is 1.07 bits per heavy atom. The molecule has 1 atom stereocenters. The predicted molar refractivity (Wildman–Crippen MR) is 169 cm³/mol. The van der Waals surface area contributed by atoms with E-state index in [0.29, 0.717) is 48.4 Å². The number of anilines is 1. The summed E-state index contributed by atoms with van der Waals surface area (Å²) in [5, 5.41) is 13.4. The van der Waals surface area contributed by atoms with E-state index in [-0.39, 0.29) is 23.7 Å². The molecule has 1 saturated heterocycles. The molecule has 1 amide bonds. The molecule has 4 aromatic rings. The third-order valence-corrected chi connectivity index (χ3v) is 7.41. The van der Waals surface area contributed by atoms with E-state index >= 15 is 0 Å². The average Bonchev–Trinajstić information content (AvgIpc) is 3.34. The Morgan fingerprint density at radius 3 is 2.36 bits per heavy atom. The zero-order chi connectivity index (χ0) is 31.4. The first-order chi connectivity index (χ1) is 21.1. The number of para-hydroxylation sites is 1. The van der Waals surface area contributed by atoms with Crippen LogP contribution in [0.3, 0.4) is 0 Å². The number of benzene rings is 2. The van der Waals surface area contributed by atoms with Gasteiger partial charge in [-0.1, -0.05) is 41.4 Å². The fraction of sp³-hybridized carbons (Fsp3) is 0.333. The van der Waals surface area contributed by atoms with Crippen molar-refractivity contribution in [3.8, 4) is 34.5 Å². The van der Waals surface area contributed by atoms with Gasteiger partial charge in [-0.2, -0.15) is 0 Å². The Morgan fingerprint density at radius 2 is 1.73 bits per heavy atom. The highest BCUT2D eigenvalue weighted by molar-refractivity contribution is 6.04. The number of nitrogen functional groups attached to an aromatic ring is 1. The molecule has 44 heavy (non-hydrogen) atoms. The highest BCUT2D eigenvalue weighted by atomic mass is 16.6. The maximum atomic E-state index is 12.6. The van der Waals surface area contributed by atoms with Crippen molar-refractivity contribution in [2.75, 3.05) is 18.8 Å². The largest absolute Gasteiger partial charge is 0.457 e. The number of fused-ring (bicyclic) bond motifs is 1. The molecule has 0 aliphatic carbocycles. The van der Waals surface area contributed by atoms with Crippen LogP contribution in [0.1, 0.15) is 52.3 Å². The highest BCUT2D eigenvalue weighted by Gasteiger charge is 2.28. The number of carbonyl (C=O) groups is 1. The van der Waals surface area contributed by atoms with E-state index in [1.807, 2.05) is 79.9 Å². The van der Waals surface area contributed by atoms with Gasteiger partial charge < -0.3 is 35.6 Å². The monoisotopic (exact) mass is 595 g/mol. The molecule has 228 valence electrons. The summed E-state index contributed by atoms with van der Waals surface area (Å²) in [7, 11) is 0. The summed E-state index contributed by atoms with van der Waals surface area (Å²) < 4.78 is 13.4. The highest BCUT2D eigenvalue weighted by Crippen LogP contribution is 2.39. The standard InChI is InChI=1S/C33H37N7O4/c1-21(29(34)38-42)40-26(15-10-22-16-18-39(19-17-22)32(41)44-33(2,3)4)27(28-30(35)36-20-37-31(28)40)23-11-13-25(14-12-23)43-24-8-6-5-7-9-24/h5-9,11-14,20-22,42H,16-19H2,1-4H3,(H2,34,38)(H2,35,36,37). The average molecular weight is 596 g/mol. The first-order valence-electron chi connectivity index (χ1n) is 14.5. The van der Waals surface area contributed by atoms with Crippen molar-refractivity contribution in [1.82, 2.24) is 19.4 Å². The van der Waals surface area contributed by atoms with Gasteiger partial charge in [-0.25, -0.2) is 14.8 Å². The van der Waals surface area contributed by atoms with Gasteiger partial charge in [0.15, 0.2) is 5.84 Å². The molecular formula is C33H37N7O4. The van der Waals surface area contributed by atoms with Crippen LogP contribution in [-0.4, -0.2) is 55.3 Å². The number of aromatic nitrogens is 3. The van der Waals surface area contributed by atoms with E-state index in [2.05, 4.69) is 27.0 Å². The van der Waals surface area contributed by atoms with Gasteiger partial charge in [0.2, 0.25) is 0 Å². The van der Waals surface area contributed by atoms with Crippen molar-refractivity contribution in [2.24, 2.45) is 16.8 Å². The van der Waals surface area contributed by atoms with E-state index in [9.17, 15) is 10.0 Å². The number of piperidine rings is 1. The number of carbonyl (C=O) groups excluding carboxylic acids is 1. The lowest BCUT2D eigenvalue weighted by Crippen LogP contribution is -2.41. The first-order valence-corrected chi connectivity index (χ1v) is 14.5. The van der Waals surface area contributed by atoms with Crippen LogP contribution in [-0.2, 0) is 4.74 Å². The van der Waals surface area contributed by atoms with E-state index in [1.165, 1.54) is 6.33 Å². The second-order valence-electron chi connectivity index (χ2n) is 11.7. The number of hydrogen-bond acceptors (Lipinski definition) is 8. The summed E-state index contributed by atoms with van der Waals surface area (Å²) in [5.74, 6) is 8.53. The second-order valence-corrected chi connectivity index (χ2v) is 11.7.